The molecule has 1 saturated heterocycles. The maximum Gasteiger partial charge on any atom is 0.241 e. The predicted octanol–water partition coefficient (Wildman–Crippen LogP) is 3.38. The molecule has 1 aliphatic rings. The van der Waals surface area contributed by atoms with Gasteiger partial charge >= 0.3 is 0 Å². The Morgan fingerprint density at radius 3 is 2.71 bits per heavy atom. The van der Waals surface area contributed by atoms with Crippen molar-refractivity contribution in [3.05, 3.63) is 59.7 Å². The van der Waals surface area contributed by atoms with Crippen molar-refractivity contribution in [3.8, 4) is 6.07 Å². The number of carbonyl (C=O) groups excluding carboxylic acids is 1. The fourth-order valence-electron chi connectivity index (χ4n) is 3.41. The van der Waals surface area contributed by atoms with Crippen molar-refractivity contribution >= 4 is 17.3 Å². The highest BCUT2D eigenvalue weighted by molar-refractivity contribution is 5.94. The van der Waals surface area contributed by atoms with E-state index in [1.165, 1.54) is 0 Å². The smallest absolute Gasteiger partial charge is 0.241 e. The Balaban J connectivity index is 1.65. The average Bonchev–Trinajstić information content (AvgIpc) is 2.96. The van der Waals surface area contributed by atoms with Gasteiger partial charge in [-0.15, -0.1) is 0 Å². The van der Waals surface area contributed by atoms with Crippen LogP contribution < -0.4 is 10.2 Å². The minimum atomic E-state index is -0.669. The number of hydrogen-bond acceptors (Lipinski definition) is 4. The molecule has 28 heavy (non-hydrogen) atoms. The van der Waals surface area contributed by atoms with Gasteiger partial charge in [0.1, 0.15) is 17.7 Å². The topological polar surface area (TPSA) is 59.4 Å². The lowest BCUT2D eigenvalue weighted by Crippen LogP contribution is -2.44. The molecule has 5 nitrogen and oxygen atoms in total. The monoisotopic (exact) mass is 384 g/mol. The number of nitrogens with one attached hydrogen (secondary N) is 1. The van der Waals surface area contributed by atoms with Crippen LogP contribution in [0.2, 0.25) is 0 Å². The molecule has 0 aromatic heterocycles. The largest absolute Gasteiger partial charge is 0.369 e. The number of benzene rings is 2. The molecule has 146 valence electrons. The first-order chi connectivity index (χ1) is 13.5. The molecule has 2 aromatic rings. The van der Waals surface area contributed by atoms with Gasteiger partial charge in [-0.1, -0.05) is 12.1 Å². The molecule has 1 atom stereocenters. The van der Waals surface area contributed by atoms with E-state index in [0.717, 1.165) is 36.9 Å². The molecule has 0 bridgehead atoms. The first-order valence-corrected chi connectivity index (χ1v) is 9.23. The van der Waals surface area contributed by atoms with Crippen molar-refractivity contribution < 1.29 is 13.6 Å². The third-order valence-corrected chi connectivity index (χ3v) is 5.01. The van der Waals surface area contributed by atoms with Crippen LogP contribution in [0.5, 0.6) is 0 Å². The minimum absolute atomic E-state index is 0.156. The number of rotatable bonds is 4. The normalized spacial score (nSPS) is 16.1. The Labute approximate surface area is 163 Å². The Hall–Kier alpha value is -2.98. The Kier molecular flexibility index (Phi) is 6.22. The second-order valence-corrected chi connectivity index (χ2v) is 6.79. The Morgan fingerprint density at radius 1 is 1.14 bits per heavy atom. The van der Waals surface area contributed by atoms with Crippen LogP contribution >= 0.6 is 0 Å². The van der Waals surface area contributed by atoms with Crippen LogP contribution in [-0.2, 0) is 4.79 Å². The van der Waals surface area contributed by atoms with Crippen LogP contribution in [0.25, 0.3) is 0 Å². The number of halogens is 2. The number of para-hydroxylation sites is 1. The second-order valence-electron chi connectivity index (χ2n) is 6.79. The highest BCUT2D eigenvalue weighted by Crippen LogP contribution is 2.22. The fourth-order valence-corrected chi connectivity index (χ4v) is 3.41. The SMILES string of the molecule is C[C@@H](C(=O)Nc1cc(F)ccc1F)N1CCCN(c2ccccc2C#N)CC1. The van der Waals surface area contributed by atoms with Gasteiger partial charge in [0.15, 0.2) is 0 Å². The van der Waals surface area contributed by atoms with Gasteiger partial charge in [-0.3, -0.25) is 9.69 Å². The van der Waals surface area contributed by atoms with E-state index in [1.807, 2.05) is 23.1 Å². The second kappa shape index (κ2) is 8.81. The van der Waals surface area contributed by atoms with Crippen LogP contribution in [0, 0.1) is 23.0 Å². The highest BCUT2D eigenvalue weighted by atomic mass is 19.1. The van der Waals surface area contributed by atoms with Crippen LogP contribution in [0.4, 0.5) is 20.2 Å². The van der Waals surface area contributed by atoms with Crippen molar-refractivity contribution in [3.63, 3.8) is 0 Å². The number of nitrogens with zero attached hydrogens (tertiary/aromatic N) is 3. The summed E-state index contributed by atoms with van der Waals surface area (Å²) >= 11 is 0. The van der Waals surface area contributed by atoms with Gasteiger partial charge in [-0.2, -0.15) is 5.26 Å². The summed E-state index contributed by atoms with van der Waals surface area (Å²) in [6.45, 7) is 4.53. The van der Waals surface area contributed by atoms with Crippen LogP contribution in [-0.4, -0.2) is 43.0 Å². The third-order valence-electron chi connectivity index (χ3n) is 5.01. The maximum absolute atomic E-state index is 13.8. The molecule has 0 saturated carbocycles. The summed E-state index contributed by atoms with van der Waals surface area (Å²) in [6, 6.07) is 12.2. The van der Waals surface area contributed by atoms with E-state index >= 15 is 0 Å². The molecule has 1 heterocycles. The van der Waals surface area contributed by atoms with Gasteiger partial charge in [-0.05, 0) is 37.6 Å². The molecule has 1 aliphatic heterocycles. The summed E-state index contributed by atoms with van der Waals surface area (Å²) in [6.07, 6.45) is 0.825. The lowest BCUT2D eigenvalue weighted by atomic mass is 10.1. The number of carbonyl (C=O) groups is 1. The first kappa shape index (κ1) is 19.8. The molecule has 0 spiro atoms. The predicted molar refractivity (Wildman–Crippen MR) is 104 cm³/mol. The molecule has 3 rings (SSSR count). The van der Waals surface area contributed by atoms with Gasteiger partial charge < -0.3 is 10.2 Å². The van der Waals surface area contributed by atoms with Gasteiger partial charge in [0.05, 0.1) is 23.0 Å². The molecular weight excluding hydrogens is 362 g/mol. The van der Waals surface area contributed by atoms with Crippen molar-refractivity contribution in [2.75, 3.05) is 36.4 Å². The summed E-state index contributed by atoms with van der Waals surface area (Å²) in [7, 11) is 0. The van der Waals surface area contributed by atoms with E-state index in [1.54, 1.807) is 13.0 Å². The van der Waals surface area contributed by atoms with Crippen LogP contribution in [0.1, 0.15) is 18.9 Å². The molecule has 2 aromatic carbocycles. The van der Waals surface area contributed by atoms with Crippen molar-refractivity contribution in [1.82, 2.24) is 4.90 Å². The molecule has 1 N–H and O–H groups in total. The van der Waals surface area contributed by atoms with E-state index in [9.17, 15) is 18.8 Å². The molecule has 0 aliphatic carbocycles. The zero-order valence-corrected chi connectivity index (χ0v) is 15.7. The summed E-state index contributed by atoms with van der Waals surface area (Å²) in [5, 5.41) is 11.8. The van der Waals surface area contributed by atoms with Crippen LogP contribution in [0.15, 0.2) is 42.5 Å². The molecule has 0 unspecified atom stereocenters. The van der Waals surface area contributed by atoms with E-state index in [-0.39, 0.29) is 11.6 Å². The number of hydrogen-bond donors (Lipinski definition) is 1. The van der Waals surface area contributed by atoms with E-state index < -0.39 is 17.7 Å². The highest BCUT2D eigenvalue weighted by Gasteiger charge is 2.25. The lowest BCUT2D eigenvalue weighted by molar-refractivity contribution is -0.120. The third kappa shape index (κ3) is 4.46. The van der Waals surface area contributed by atoms with Crippen molar-refractivity contribution in [2.24, 2.45) is 0 Å². The molecule has 7 heteroatoms. The fraction of sp³-hybridized carbons (Fsp3) is 0.333. The van der Waals surface area contributed by atoms with Crippen molar-refractivity contribution in [1.29, 1.82) is 5.26 Å². The lowest BCUT2D eigenvalue weighted by Gasteiger charge is -2.27. The minimum Gasteiger partial charge on any atom is -0.369 e. The maximum atomic E-state index is 13.8. The first-order valence-electron chi connectivity index (χ1n) is 9.23. The standard InChI is InChI=1S/C21H22F2N4O/c1-15(21(28)25-19-13-17(22)7-8-18(19)23)26-9-4-10-27(12-11-26)20-6-3-2-5-16(20)14-24/h2-3,5-8,13,15H,4,9-12H2,1H3,(H,25,28)/t15-/m0/s1. The van der Waals surface area contributed by atoms with Crippen molar-refractivity contribution in [2.45, 2.75) is 19.4 Å². The summed E-state index contributed by atoms with van der Waals surface area (Å²) in [5.74, 6) is -1.65. The van der Waals surface area contributed by atoms with E-state index in [0.29, 0.717) is 25.2 Å². The Morgan fingerprint density at radius 2 is 1.93 bits per heavy atom. The Bertz CT molecular complexity index is 896. The zero-order valence-electron chi connectivity index (χ0n) is 15.7. The summed E-state index contributed by atoms with van der Waals surface area (Å²) in [4.78, 5) is 16.7. The molecule has 1 fully saturated rings. The molecular formula is C21H22F2N4O. The average molecular weight is 384 g/mol. The molecule has 1 amide bonds. The summed E-state index contributed by atoms with van der Waals surface area (Å²) in [5.41, 5.74) is 1.37. The van der Waals surface area contributed by atoms with Gasteiger partial charge in [0, 0.05) is 32.2 Å². The van der Waals surface area contributed by atoms with Gasteiger partial charge in [0.2, 0.25) is 5.91 Å². The number of amides is 1. The zero-order chi connectivity index (χ0) is 20.1. The quantitative estimate of drug-likeness (QED) is 0.878. The number of anilines is 2. The summed E-state index contributed by atoms with van der Waals surface area (Å²) < 4.78 is 27.1. The van der Waals surface area contributed by atoms with Crippen LogP contribution in [0.3, 0.4) is 0 Å². The number of nitriles is 1. The van der Waals surface area contributed by atoms with E-state index in [2.05, 4.69) is 16.3 Å². The van der Waals surface area contributed by atoms with Gasteiger partial charge in [0.25, 0.3) is 0 Å². The van der Waals surface area contributed by atoms with E-state index in [4.69, 9.17) is 0 Å². The van der Waals surface area contributed by atoms with Gasteiger partial charge in [-0.25, -0.2) is 8.78 Å². The molecule has 0 radical (unpaired) electrons.